The van der Waals surface area contributed by atoms with E-state index in [1.54, 1.807) is 6.92 Å². The Balaban J connectivity index is 2.77. The Bertz CT molecular complexity index is 505. The van der Waals surface area contributed by atoms with Crippen molar-refractivity contribution in [3.8, 4) is 6.07 Å². The minimum absolute atomic E-state index is 0.0628. The zero-order valence-corrected chi connectivity index (χ0v) is 12.0. The summed E-state index contributed by atoms with van der Waals surface area (Å²) in [5, 5.41) is 7.88. The Morgan fingerprint density at radius 2 is 1.89 bits per heavy atom. The van der Waals surface area contributed by atoms with Gasteiger partial charge in [0.25, 0.3) is 0 Å². The molecule has 0 radical (unpaired) electrons. The molecule has 0 aromatic carbocycles. The van der Waals surface area contributed by atoms with Crippen LogP contribution in [0.25, 0.3) is 0 Å². The molecule has 1 fully saturated rings. The van der Waals surface area contributed by atoms with Crippen molar-refractivity contribution in [1.82, 2.24) is 4.31 Å². The van der Waals surface area contributed by atoms with Gasteiger partial charge >= 0.3 is 0 Å². The third-order valence-electron chi connectivity index (χ3n) is 3.11. The van der Waals surface area contributed by atoms with Crippen LogP contribution in [0.1, 0.15) is 26.2 Å². The van der Waals surface area contributed by atoms with Gasteiger partial charge in [-0.1, -0.05) is 6.92 Å². The van der Waals surface area contributed by atoms with Gasteiger partial charge in [0.2, 0.25) is 10.0 Å². The maximum Gasteiger partial charge on any atom is 0.217 e. The predicted octanol–water partition coefficient (Wildman–Crippen LogP) is 0.129. The number of hydrogen-bond donors (Lipinski definition) is 0. The Kier molecular flexibility index (Phi) is 5.13. The van der Waals surface area contributed by atoms with Gasteiger partial charge in [0.15, 0.2) is 0 Å². The average molecular weight is 294 g/mol. The largest absolute Gasteiger partial charge is 0.229 e. The van der Waals surface area contributed by atoms with Crippen LogP contribution in [-0.2, 0) is 19.9 Å². The molecule has 0 aromatic rings. The predicted molar refractivity (Wildman–Crippen MR) is 68.1 cm³/mol. The Morgan fingerprint density at radius 3 is 2.33 bits per heavy atom. The van der Waals surface area contributed by atoms with E-state index in [2.05, 4.69) is 0 Å². The summed E-state index contributed by atoms with van der Waals surface area (Å²) < 4.78 is 48.4. The third kappa shape index (κ3) is 3.67. The van der Waals surface area contributed by atoms with Gasteiger partial charge in [0.1, 0.15) is 9.84 Å². The second-order valence-corrected chi connectivity index (χ2v) is 8.81. The van der Waals surface area contributed by atoms with Crippen molar-refractivity contribution >= 4 is 19.9 Å². The average Bonchev–Trinajstić information content (AvgIpc) is 2.29. The lowest BCUT2D eigenvalue weighted by atomic mass is 10.2. The Morgan fingerprint density at radius 1 is 1.33 bits per heavy atom. The molecule has 0 saturated carbocycles. The minimum atomic E-state index is -3.48. The van der Waals surface area contributed by atoms with Gasteiger partial charge < -0.3 is 0 Å². The molecular formula is C10H18N2O4S2. The van der Waals surface area contributed by atoms with Gasteiger partial charge in [0, 0.05) is 19.5 Å². The van der Waals surface area contributed by atoms with E-state index in [9.17, 15) is 16.8 Å². The summed E-state index contributed by atoms with van der Waals surface area (Å²) in [6.45, 7) is 2.21. The lowest BCUT2D eigenvalue weighted by Gasteiger charge is -2.28. The van der Waals surface area contributed by atoms with Gasteiger partial charge in [0.05, 0.1) is 22.8 Å². The number of nitrogens with zero attached hydrogens (tertiary/aromatic N) is 2. The van der Waals surface area contributed by atoms with Crippen molar-refractivity contribution in [1.29, 1.82) is 5.26 Å². The maximum atomic E-state index is 12.3. The van der Waals surface area contributed by atoms with Crippen molar-refractivity contribution in [2.75, 3.05) is 24.6 Å². The minimum Gasteiger partial charge on any atom is -0.229 e. The lowest BCUT2D eigenvalue weighted by Crippen LogP contribution is -2.42. The van der Waals surface area contributed by atoms with E-state index in [0.717, 1.165) is 0 Å². The summed E-state index contributed by atoms with van der Waals surface area (Å²) >= 11 is 0. The van der Waals surface area contributed by atoms with Crippen LogP contribution < -0.4 is 0 Å². The van der Waals surface area contributed by atoms with Gasteiger partial charge in [-0.05, 0) is 12.8 Å². The molecule has 0 unspecified atom stereocenters. The molecule has 8 heteroatoms. The van der Waals surface area contributed by atoms with Crippen LogP contribution in [0.2, 0.25) is 0 Å². The first-order chi connectivity index (χ1) is 8.33. The molecule has 18 heavy (non-hydrogen) atoms. The molecule has 1 rings (SSSR count). The Hall–Kier alpha value is -0.650. The first-order valence-electron chi connectivity index (χ1n) is 5.90. The quantitative estimate of drug-likeness (QED) is 0.718. The van der Waals surface area contributed by atoms with Gasteiger partial charge in [-0.3, -0.25) is 0 Å². The zero-order chi connectivity index (χ0) is 13.8. The number of sulfonamides is 1. The molecule has 0 aromatic heterocycles. The maximum absolute atomic E-state index is 12.3. The summed E-state index contributed by atoms with van der Waals surface area (Å²) in [5.41, 5.74) is 0. The molecule has 0 spiro atoms. The monoisotopic (exact) mass is 294 g/mol. The molecule has 0 N–H and O–H groups in total. The number of hydrogen-bond acceptors (Lipinski definition) is 5. The zero-order valence-electron chi connectivity index (χ0n) is 10.4. The normalized spacial score (nSPS) is 20.7. The van der Waals surface area contributed by atoms with E-state index >= 15 is 0 Å². The summed E-state index contributed by atoms with van der Waals surface area (Å²) in [6.07, 6.45) is 0.472. The lowest BCUT2D eigenvalue weighted by molar-refractivity contribution is 0.421. The second kappa shape index (κ2) is 5.99. The highest BCUT2D eigenvalue weighted by Gasteiger charge is 2.35. The molecule has 1 aliphatic rings. The van der Waals surface area contributed by atoms with E-state index in [1.165, 1.54) is 4.31 Å². The fourth-order valence-electron chi connectivity index (χ4n) is 2.02. The van der Waals surface area contributed by atoms with Crippen LogP contribution >= 0.6 is 0 Å². The summed E-state index contributed by atoms with van der Waals surface area (Å²) in [6, 6.07) is 1.92. The van der Waals surface area contributed by atoms with Crippen LogP contribution in [0.15, 0.2) is 0 Å². The summed E-state index contributed by atoms with van der Waals surface area (Å²) in [5.74, 6) is -0.126. The van der Waals surface area contributed by atoms with Crippen molar-refractivity contribution in [2.45, 2.75) is 31.4 Å². The van der Waals surface area contributed by atoms with Crippen LogP contribution in [0, 0.1) is 11.3 Å². The van der Waals surface area contributed by atoms with Crippen LogP contribution in [-0.4, -0.2) is 51.0 Å². The molecule has 1 heterocycles. The van der Waals surface area contributed by atoms with Crippen LogP contribution in [0.5, 0.6) is 0 Å². The van der Waals surface area contributed by atoms with E-state index in [-0.39, 0.29) is 37.3 Å². The highest BCUT2D eigenvalue weighted by atomic mass is 32.2. The van der Waals surface area contributed by atoms with Crippen molar-refractivity contribution < 1.29 is 16.8 Å². The van der Waals surface area contributed by atoms with Crippen LogP contribution in [0.4, 0.5) is 0 Å². The first-order valence-corrected chi connectivity index (χ1v) is 9.22. The van der Waals surface area contributed by atoms with Gasteiger partial charge in [-0.15, -0.1) is 0 Å². The summed E-state index contributed by atoms with van der Waals surface area (Å²) in [4.78, 5) is 0. The smallest absolute Gasteiger partial charge is 0.217 e. The van der Waals surface area contributed by atoms with Crippen molar-refractivity contribution in [2.24, 2.45) is 0 Å². The molecule has 0 aliphatic carbocycles. The van der Waals surface area contributed by atoms with Gasteiger partial charge in [-0.2, -0.15) is 5.26 Å². The summed E-state index contributed by atoms with van der Waals surface area (Å²) in [7, 11) is -6.54. The van der Waals surface area contributed by atoms with E-state index in [4.69, 9.17) is 5.26 Å². The van der Waals surface area contributed by atoms with Crippen LogP contribution in [0.3, 0.4) is 0 Å². The molecule has 1 saturated heterocycles. The molecule has 1 aliphatic heterocycles. The Labute approximate surface area is 109 Å². The SMILES string of the molecule is CCN(CCC#N)S(=O)(=O)C1CCS(=O)(=O)CC1. The standard InChI is InChI=1S/C10H18N2O4S2/c1-2-12(7-3-6-11)18(15,16)10-4-8-17(13,14)9-5-10/h10H,2-5,7-9H2,1H3. The van der Waals surface area contributed by atoms with E-state index in [1.807, 2.05) is 6.07 Å². The highest BCUT2D eigenvalue weighted by Crippen LogP contribution is 2.22. The number of nitriles is 1. The number of rotatable bonds is 5. The highest BCUT2D eigenvalue weighted by molar-refractivity contribution is 7.92. The third-order valence-corrected chi connectivity index (χ3v) is 7.30. The van der Waals surface area contributed by atoms with Crippen molar-refractivity contribution in [3.05, 3.63) is 0 Å². The molecule has 6 nitrogen and oxygen atoms in total. The first kappa shape index (κ1) is 15.4. The molecule has 0 amide bonds. The van der Waals surface area contributed by atoms with E-state index in [0.29, 0.717) is 6.54 Å². The second-order valence-electron chi connectivity index (χ2n) is 4.30. The molecule has 0 bridgehead atoms. The van der Waals surface area contributed by atoms with Gasteiger partial charge in [-0.25, -0.2) is 21.1 Å². The number of sulfone groups is 1. The molecule has 104 valence electrons. The van der Waals surface area contributed by atoms with E-state index < -0.39 is 25.1 Å². The topological polar surface area (TPSA) is 95.3 Å². The fraction of sp³-hybridized carbons (Fsp3) is 0.900. The fourth-order valence-corrected chi connectivity index (χ4v) is 5.77. The molecular weight excluding hydrogens is 276 g/mol. The van der Waals surface area contributed by atoms with Crippen molar-refractivity contribution in [3.63, 3.8) is 0 Å². The molecule has 0 atom stereocenters.